The molecular weight excluding hydrogens is 362 g/mol. The Hall–Kier alpha value is -2.62. The largest absolute Gasteiger partial charge is 0.445 e. The van der Waals surface area contributed by atoms with Crippen LogP contribution < -0.4 is 0 Å². The molecule has 10 heteroatoms. The molecular formula is C16H15F4NO5. The standard InChI is InChI=1S/C16H15F4NO5/c1-15(2)25-12(14(23)26-15)7-13(22)21(24-3)8-9-4-5-10(17)6-11(9)16(18,19)20/h4-7H,8H2,1-3H3/b12-7-. The van der Waals surface area contributed by atoms with Crippen molar-refractivity contribution in [3.05, 3.63) is 47.0 Å². The van der Waals surface area contributed by atoms with Gasteiger partial charge in [-0.3, -0.25) is 9.63 Å². The molecule has 1 aromatic carbocycles. The molecule has 1 amide bonds. The van der Waals surface area contributed by atoms with Crippen molar-refractivity contribution >= 4 is 11.9 Å². The van der Waals surface area contributed by atoms with E-state index in [1.807, 2.05) is 0 Å². The van der Waals surface area contributed by atoms with Crippen molar-refractivity contribution < 1.29 is 41.5 Å². The number of hydroxylamine groups is 2. The van der Waals surface area contributed by atoms with Gasteiger partial charge in [-0.1, -0.05) is 6.07 Å². The van der Waals surface area contributed by atoms with Gasteiger partial charge in [-0.25, -0.2) is 14.2 Å². The number of halogens is 4. The summed E-state index contributed by atoms with van der Waals surface area (Å²) in [6, 6.07) is 2.06. The first-order chi connectivity index (χ1) is 11.9. The first-order valence-electron chi connectivity index (χ1n) is 7.28. The lowest BCUT2D eigenvalue weighted by Gasteiger charge is -2.21. The van der Waals surface area contributed by atoms with Crippen LogP contribution in [-0.2, 0) is 36.6 Å². The lowest BCUT2D eigenvalue weighted by molar-refractivity contribution is -0.175. The van der Waals surface area contributed by atoms with E-state index >= 15 is 0 Å². The predicted octanol–water partition coefficient (Wildman–Crippen LogP) is 2.93. The van der Waals surface area contributed by atoms with Crippen molar-refractivity contribution in [2.24, 2.45) is 0 Å². The molecule has 1 aromatic rings. The molecule has 2 rings (SSSR count). The van der Waals surface area contributed by atoms with Crippen molar-refractivity contribution in [2.45, 2.75) is 32.4 Å². The number of carbonyl (C=O) groups is 2. The molecule has 0 aromatic heterocycles. The highest BCUT2D eigenvalue weighted by molar-refractivity contribution is 5.97. The maximum atomic E-state index is 13.2. The van der Waals surface area contributed by atoms with Crippen LogP contribution in [0, 0.1) is 5.82 Å². The first-order valence-corrected chi connectivity index (χ1v) is 7.28. The van der Waals surface area contributed by atoms with Crippen molar-refractivity contribution in [3.63, 3.8) is 0 Å². The Morgan fingerprint density at radius 1 is 1.31 bits per heavy atom. The average molecular weight is 377 g/mol. The Morgan fingerprint density at radius 2 is 1.96 bits per heavy atom. The minimum atomic E-state index is -4.82. The van der Waals surface area contributed by atoms with Gasteiger partial charge in [0.2, 0.25) is 11.5 Å². The lowest BCUT2D eigenvalue weighted by atomic mass is 10.1. The Morgan fingerprint density at radius 3 is 2.46 bits per heavy atom. The number of alkyl halides is 3. The van der Waals surface area contributed by atoms with E-state index in [1.165, 1.54) is 13.8 Å². The summed E-state index contributed by atoms with van der Waals surface area (Å²) >= 11 is 0. The zero-order chi connectivity index (χ0) is 19.7. The lowest BCUT2D eigenvalue weighted by Crippen LogP contribution is -2.29. The number of rotatable bonds is 4. The van der Waals surface area contributed by atoms with Crippen LogP contribution in [0.15, 0.2) is 30.0 Å². The molecule has 142 valence electrons. The highest BCUT2D eigenvalue weighted by Gasteiger charge is 2.38. The maximum absolute atomic E-state index is 13.2. The second kappa shape index (κ2) is 6.94. The van der Waals surface area contributed by atoms with Crippen LogP contribution >= 0.6 is 0 Å². The number of carbonyl (C=O) groups excluding carboxylic acids is 2. The van der Waals surface area contributed by atoms with Crippen LogP contribution in [0.25, 0.3) is 0 Å². The van der Waals surface area contributed by atoms with E-state index in [9.17, 15) is 27.2 Å². The molecule has 0 atom stereocenters. The summed E-state index contributed by atoms with van der Waals surface area (Å²) in [7, 11) is 1.06. The van der Waals surface area contributed by atoms with Gasteiger partial charge in [-0.05, 0) is 17.7 Å². The number of ether oxygens (including phenoxy) is 2. The van der Waals surface area contributed by atoms with Gasteiger partial charge in [0.05, 0.1) is 25.3 Å². The quantitative estimate of drug-likeness (QED) is 0.349. The number of hydrogen-bond acceptors (Lipinski definition) is 5. The fraction of sp³-hybridized carbons (Fsp3) is 0.375. The van der Waals surface area contributed by atoms with Gasteiger partial charge in [0.1, 0.15) is 5.82 Å². The zero-order valence-corrected chi connectivity index (χ0v) is 14.0. The minimum absolute atomic E-state index is 0.325. The van der Waals surface area contributed by atoms with E-state index < -0.39 is 47.5 Å². The molecule has 0 saturated carbocycles. The third-order valence-electron chi connectivity index (χ3n) is 3.31. The number of hydrogen-bond donors (Lipinski definition) is 0. The molecule has 1 heterocycles. The second-order valence-corrected chi connectivity index (χ2v) is 5.76. The monoisotopic (exact) mass is 377 g/mol. The smallest absolute Gasteiger partial charge is 0.416 e. The summed E-state index contributed by atoms with van der Waals surface area (Å²) in [5.41, 5.74) is -1.62. The molecule has 26 heavy (non-hydrogen) atoms. The van der Waals surface area contributed by atoms with Crippen LogP contribution in [0.5, 0.6) is 0 Å². The predicted molar refractivity (Wildman–Crippen MR) is 78.3 cm³/mol. The molecule has 1 fully saturated rings. The van der Waals surface area contributed by atoms with Gasteiger partial charge in [0.15, 0.2) is 0 Å². The fourth-order valence-corrected chi connectivity index (χ4v) is 2.21. The topological polar surface area (TPSA) is 65.1 Å². The van der Waals surface area contributed by atoms with E-state index in [0.29, 0.717) is 11.1 Å². The summed E-state index contributed by atoms with van der Waals surface area (Å²) in [6.07, 6.45) is -4.07. The van der Waals surface area contributed by atoms with Crippen LogP contribution in [-0.4, -0.2) is 29.8 Å². The number of esters is 1. The molecule has 1 aliphatic heterocycles. The van der Waals surface area contributed by atoms with Gasteiger partial charge in [0, 0.05) is 13.8 Å². The van der Waals surface area contributed by atoms with Crippen LogP contribution in [0.4, 0.5) is 17.6 Å². The van der Waals surface area contributed by atoms with E-state index in [2.05, 4.69) is 0 Å². The number of amides is 1. The normalized spacial score (nSPS) is 17.8. The Kier molecular flexibility index (Phi) is 5.26. The van der Waals surface area contributed by atoms with Crippen molar-refractivity contribution in [3.8, 4) is 0 Å². The summed E-state index contributed by atoms with van der Waals surface area (Å²) in [5.74, 6) is -4.58. The molecule has 0 radical (unpaired) electrons. The SMILES string of the molecule is CON(Cc1ccc(F)cc1C(F)(F)F)C(=O)/C=C1\OC(C)(C)OC1=O. The molecule has 0 bridgehead atoms. The number of benzene rings is 1. The van der Waals surface area contributed by atoms with Gasteiger partial charge in [0.25, 0.3) is 5.91 Å². The molecule has 1 aliphatic rings. The zero-order valence-electron chi connectivity index (χ0n) is 14.0. The van der Waals surface area contributed by atoms with Gasteiger partial charge >= 0.3 is 12.1 Å². The van der Waals surface area contributed by atoms with Crippen LogP contribution in [0.3, 0.4) is 0 Å². The van der Waals surface area contributed by atoms with E-state index in [1.54, 1.807) is 0 Å². The number of cyclic esters (lactones) is 1. The highest BCUT2D eigenvalue weighted by atomic mass is 19.4. The molecule has 0 aliphatic carbocycles. The van der Waals surface area contributed by atoms with E-state index in [0.717, 1.165) is 25.3 Å². The fourth-order valence-electron chi connectivity index (χ4n) is 2.21. The summed E-state index contributed by atoms with van der Waals surface area (Å²) in [6.45, 7) is 2.25. The van der Waals surface area contributed by atoms with Crippen LogP contribution in [0.2, 0.25) is 0 Å². The highest BCUT2D eigenvalue weighted by Crippen LogP contribution is 2.33. The van der Waals surface area contributed by atoms with Crippen LogP contribution in [0.1, 0.15) is 25.0 Å². The van der Waals surface area contributed by atoms with E-state index in [4.69, 9.17) is 14.3 Å². The first kappa shape index (κ1) is 19.7. The molecule has 0 unspecified atom stereocenters. The maximum Gasteiger partial charge on any atom is 0.416 e. The van der Waals surface area contributed by atoms with Gasteiger partial charge in [-0.15, -0.1) is 0 Å². The number of nitrogens with zero attached hydrogens (tertiary/aromatic N) is 1. The third-order valence-corrected chi connectivity index (χ3v) is 3.31. The molecule has 0 N–H and O–H groups in total. The summed E-state index contributed by atoms with van der Waals surface area (Å²) in [5, 5.41) is 0.567. The Balaban J connectivity index is 2.25. The van der Waals surface area contributed by atoms with E-state index in [-0.39, 0.29) is 5.56 Å². The average Bonchev–Trinajstić information content (AvgIpc) is 2.76. The Bertz CT molecular complexity index is 757. The van der Waals surface area contributed by atoms with Crippen molar-refractivity contribution in [1.82, 2.24) is 5.06 Å². The second-order valence-electron chi connectivity index (χ2n) is 5.76. The molecule has 0 spiro atoms. The minimum Gasteiger partial charge on any atom is -0.445 e. The summed E-state index contributed by atoms with van der Waals surface area (Å²) in [4.78, 5) is 28.6. The van der Waals surface area contributed by atoms with Crippen molar-refractivity contribution in [2.75, 3.05) is 7.11 Å². The molecule has 6 nitrogen and oxygen atoms in total. The van der Waals surface area contributed by atoms with Crippen molar-refractivity contribution in [1.29, 1.82) is 0 Å². The Labute approximate surface area is 145 Å². The van der Waals surface area contributed by atoms with Gasteiger partial charge < -0.3 is 9.47 Å². The summed E-state index contributed by atoms with van der Waals surface area (Å²) < 4.78 is 62.3. The molecule has 1 saturated heterocycles. The van der Waals surface area contributed by atoms with Gasteiger partial charge in [-0.2, -0.15) is 13.2 Å². The third kappa shape index (κ3) is 4.51.